The zero-order chi connectivity index (χ0) is 15.1. The average Bonchev–Trinajstić information content (AvgIpc) is 2.37. The summed E-state index contributed by atoms with van der Waals surface area (Å²) in [6.45, 7) is 4.01. The Hall–Kier alpha value is -1.60. The zero-order valence-electron chi connectivity index (χ0n) is 11.9. The number of anilines is 1. The van der Waals surface area contributed by atoms with Crippen LogP contribution in [-0.2, 0) is 14.8 Å². The van der Waals surface area contributed by atoms with Crippen LogP contribution in [0.5, 0.6) is 0 Å². The second kappa shape index (κ2) is 5.06. The van der Waals surface area contributed by atoms with E-state index in [-0.39, 0.29) is 17.3 Å². The molecule has 0 radical (unpaired) electrons. The summed E-state index contributed by atoms with van der Waals surface area (Å²) in [5, 5.41) is 0. The van der Waals surface area contributed by atoms with Crippen LogP contribution in [0.15, 0.2) is 17.0 Å². The number of likely N-dealkylation sites (N-methyl/N-ethyl adjacent to an activating group) is 1. The number of carbonyl (C=O) groups excluding carboxylic acids is 1. The normalized spacial score (nSPS) is 17.6. The number of rotatable bonds is 2. The number of benzene rings is 1. The number of sulfonamides is 1. The van der Waals surface area contributed by atoms with E-state index < -0.39 is 10.0 Å². The number of nitrogens with two attached hydrogens (primary N) is 1. The van der Waals surface area contributed by atoms with Gasteiger partial charge in [0, 0.05) is 25.8 Å². The smallest absolute Gasteiger partial charge is 0.244 e. The minimum absolute atomic E-state index is 0.119. The standard InChI is InChI=1S/C13H19N3O3S/c1-9-4-5-11(14)10(2)13(9)20(18,19)16-7-6-15(3)12(17)8-16/h4-5H,6-8,14H2,1-3H3. The number of hydrogen-bond donors (Lipinski definition) is 1. The van der Waals surface area contributed by atoms with Gasteiger partial charge in [-0.05, 0) is 31.0 Å². The van der Waals surface area contributed by atoms with Gasteiger partial charge in [0.15, 0.2) is 0 Å². The highest BCUT2D eigenvalue weighted by Gasteiger charge is 2.33. The van der Waals surface area contributed by atoms with E-state index in [4.69, 9.17) is 5.73 Å². The molecule has 1 aliphatic heterocycles. The first-order valence-electron chi connectivity index (χ1n) is 6.35. The molecule has 0 saturated carbocycles. The van der Waals surface area contributed by atoms with E-state index in [9.17, 15) is 13.2 Å². The van der Waals surface area contributed by atoms with E-state index in [0.717, 1.165) is 0 Å². The second-order valence-corrected chi connectivity index (χ2v) is 6.95. The molecule has 2 rings (SSSR count). The Morgan fingerprint density at radius 1 is 1.20 bits per heavy atom. The van der Waals surface area contributed by atoms with Gasteiger partial charge in [-0.3, -0.25) is 4.79 Å². The fourth-order valence-corrected chi connectivity index (χ4v) is 4.15. The van der Waals surface area contributed by atoms with Gasteiger partial charge < -0.3 is 10.6 Å². The van der Waals surface area contributed by atoms with E-state index in [1.54, 1.807) is 33.0 Å². The Morgan fingerprint density at radius 2 is 1.85 bits per heavy atom. The van der Waals surface area contributed by atoms with Crippen molar-refractivity contribution in [1.82, 2.24) is 9.21 Å². The van der Waals surface area contributed by atoms with Crippen LogP contribution in [0, 0.1) is 13.8 Å². The monoisotopic (exact) mass is 297 g/mol. The number of amides is 1. The molecule has 1 aliphatic rings. The predicted octanol–water partition coefficient (Wildman–Crippen LogP) is 0.348. The summed E-state index contributed by atoms with van der Waals surface area (Å²) in [4.78, 5) is 13.5. The molecule has 0 aromatic heterocycles. The summed E-state index contributed by atoms with van der Waals surface area (Å²) >= 11 is 0. The molecule has 0 spiro atoms. The van der Waals surface area contributed by atoms with Gasteiger partial charge in [-0.25, -0.2) is 8.42 Å². The Bertz CT molecular complexity index is 655. The van der Waals surface area contributed by atoms with E-state index in [1.807, 2.05) is 0 Å². The number of nitrogens with zero attached hydrogens (tertiary/aromatic N) is 2. The molecular weight excluding hydrogens is 278 g/mol. The molecular formula is C13H19N3O3S. The molecule has 1 fully saturated rings. The lowest BCUT2D eigenvalue weighted by molar-refractivity contribution is -0.132. The maximum absolute atomic E-state index is 12.7. The largest absolute Gasteiger partial charge is 0.398 e. The highest BCUT2D eigenvalue weighted by Crippen LogP contribution is 2.28. The fraction of sp³-hybridized carbons (Fsp3) is 0.462. The highest BCUT2D eigenvalue weighted by atomic mass is 32.2. The van der Waals surface area contributed by atoms with Crippen molar-refractivity contribution in [2.24, 2.45) is 0 Å². The topological polar surface area (TPSA) is 83.7 Å². The van der Waals surface area contributed by atoms with Crippen molar-refractivity contribution in [3.63, 3.8) is 0 Å². The molecule has 1 aromatic carbocycles. The molecule has 1 heterocycles. The van der Waals surface area contributed by atoms with E-state index >= 15 is 0 Å². The van der Waals surface area contributed by atoms with Crippen molar-refractivity contribution >= 4 is 21.6 Å². The van der Waals surface area contributed by atoms with E-state index in [2.05, 4.69) is 0 Å². The lowest BCUT2D eigenvalue weighted by atomic mass is 10.1. The molecule has 7 heteroatoms. The van der Waals surface area contributed by atoms with Gasteiger partial charge in [0.2, 0.25) is 15.9 Å². The Balaban J connectivity index is 2.47. The van der Waals surface area contributed by atoms with E-state index in [0.29, 0.717) is 29.9 Å². The summed E-state index contributed by atoms with van der Waals surface area (Å²) < 4.78 is 26.7. The van der Waals surface area contributed by atoms with Crippen molar-refractivity contribution in [1.29, 1.82) is 0 Å². The molecule has 1 aromatic rings. The maximum atomic E-state index is 12.7. The van der Waals surface area contributed by atoms with Gasteiger partial charge in [0.05, 0.1) is 11.4 Å². The quantitative estimate of drug-likeness (QED) is 0.798. The maximum Gasteiger partial charge on any atom is 0.244 e. The third-order valence-electron chi connectivity index (χ3n) is 3.66. The van der Waals surface area contributed by atoms with Crippen LogP contribution in [0.3, 0.4) is 0 Å². The first-order valence-corrected chi connectivity index (χ1v) is 7.79. The van der Waals surface area contributed by atoms with Crippen LogP contribution in [0.25, 0.3) is 0 Å². The molecule has 1 amide bonds. The molecule has 0 bridgehead atoms. The first-order chi connectivity index (χ1) is 9.25. The summed E-state index contributed by atoms with van der Waals surface area (Å²) in [6, 6.07) is 3.38. The fourth-order valence-electron chi connectivity index (χ4n) is 2.31. The van der Waals surface area contributed by atoms with Crippen molar-refractivity contribution in [2.75, 3.05) is 32.4 Å². The predicted molar refractivity (Wildman–Crippen MR) is 76.7 cm³/mol. The van der Waals surface area contributed by atoms with Crippen LogP contribution in [0.4, 0.5) is 5.69 Å². The molecule has 2 N–H and O–H groups in total. The summed E-state index contributed by atoms with van der Waals surface area (Å²) in [7, 11) is -2.03. The molecule has 0 aliphatic carbocycles. The van der Waals surface area contributed by atoms with Crippen molar-refractivity contribution in [2.45, 2.75) is 18.7 Å². The van der Waals surface area contributed by atoms with Crippen molar-refractivity contribution in [3.05, 3.63) is 23.3 Å². The minimum atomic E-state index is -3.70. The average molecular weight is 297 g/mol. The lowest BCUT2D eigenvalue weighted by Gasteiger charge is -2.32. The zero-order valence-corrected chi connectivity index (χ0v) is 12.7. The molecule has 0 unspecified atom stereocenters. The highest BCUT2D eigenvalue weighted by molar-refractivity contribution is 7.89. The molecule has 6 nitrogen and oxygen atoms in total. The minimum Gasteiger partial charge on any atom is -0.398 e. The first kappa shape index (κ1) is 14.8. The van der Waals surface area contributed by atoms with Gasteiger partial charge in [-0.1, -0.05) is 6.07 Å². The lowest BCUT2D eigenvalue weighted by Crippen LogP contribution is -2.50. The van der Waals surface area contributed by atoms with Crippen molar-refractivity contribution in [3.8, 4) is 0 Å². The van der Waals surface area contributed by atoms with Gasteiger partial charge in [-0.15, -0.1) is 0 Å². The van der Waals surface area contributed by atoms with Gasteiger partial charge in [0.1, 0.15) is 0 Å². The molecule has 1 saturated heterocycles. The number of hydrogen-bond acceptors (Lipinski definition) is 4. The molecule has 0 atom stereocenters. The number of carbonyl (C=O) groups is 1. The third-order valence-corrected chi connectivity index (χ3v) is 5.80. The van der Waals surface area contributed by atoms with E-state index in [1.165, 1.54) is 9.21 Å². The third kappa shape index (κ3) is 2.38. The number of nitrogen functional groups attached to an aromatic ring is 1. The number of piperazine rings is 1. The van der Waals surface area contributed by atoms with Gasteiger partial charge >= 0.3 is 0 Å². The Morgan fingerprint density at radius 3 is 2.45 bits per heavy atom. The van der Waals surface area contributed by atoms with Crippen molar-refractivity contribution < 1.29 is 13.2 Å². The summed E-state index contributed by atoms with van der Waals surface area (Å²) in [6.07, 6.45) is 0. The molecule has 20 heavy (non-hydrogen) atoms. The Kier molecular flexibility index (Phi) is 3.75. The van der Waals surface area contributed by atoms with Gasteiger partial charge in [0.25, 0.3) is 0 Å². The molecule has 110 valence electrons. The summed E-state index contributed by atoms with van der Waals surface area (Å²) in [5.41, 5.74) is 7.43. The summed E-state index contributed by atoms with van der Waals surface area (Å²) in [5.74, 6) is -0.195. The Labute approximate surface area is 119 Å². The van der Waals surface area contributed by atoms with Gasteiger partial charge in [-0.2, -0.15) is 4.31 Å². The second-order valence-electron chi connectivity index (χ2n) is 5.08. The SMILES string of the molecule is Cc1ccc(N)c(C)c1S(=O)(=O)N1CCN(C)C(=O)C1. The van der Waals surface area contributed by atoms with Crippen LogP contribution in [-0.4, -0.2) is 50.2 Å². The van der Waals surface area contributed by atoms with Crippen LogP contribution in [0.1, 0.15) is 11.1 Å². The van der Waals surface area contributed by atoms with Crippen LogP contribution < -0.4 is 5.73 Å². The van der Waals surface area contributed by atoms with Crippen LogP contribution in [0.2, 0.25) is 0 Å². The number of aryl methyl sites for hydroxylation is 1. The van der Waals surface area contributed by atoms with Crippen LogP contribution >= 0.6 is 0 Å².